The molecule has 4 nitrogen and oxygen atoms in total. The second-order valence-corrected chi connectivity index (χ2v) is 6.35. The number of ether oxygens (including phenoxy) is 1. The van der Waals surface area contributed by atoms with Crippen LogP contribution in [0.3, 0.4) is 0 Å². The van der Waals surface area contributed by atoms with Crippen LogP contribution in [0.25, 0.3) is 10.8 Å². The van der Waals surface area contributed by atoms with Gasteiger partial charge in [0, 0.05) is 15.6 Å². The Morgan fingerprint density at radius 1 is 1.15 bits per heavy atom. The summed E-state index contributed by atoms with van der Waals surface area (Å²) in [5.41, 5.74) is 3.78. The Hall–Kier alpha value is -3.10. The van der Waals surface area contributed by atoms with Gasteiger partial charge in [0.15, 0.2) is 0 Å². The Bertz CT molecular complexity index is 1020. The number of fused-ring (bicyclic) bond motifs is 1. The predicted octanol–water partition coefficient (Wildman–Crippen LogP) is 4.38. The molecule has 0 heterocycles. The molecule has 0 bridgehead atoms. The minimum Gasteiger partial charge on any atom is -0.480 e. The van der Waals surface area contributed by atoms with E-state index in [1.807, 2.05) is 48.5 Å². The van der Waals surface area contributed by atoms with Gasteiger partial charge in [-0.05, 0) is 41.1 Å². The van der Waals surface area contributed by atoms with Crippen molar-refractivity contribution in [1.82, 2.24) is 5.43 Å². The maximum absolute atomic E-state index is 12.3. The van der Waals surface area contributed by atoms with Gasteiger partial charge < -0.3 is 4.74 Å². The number of carbonyl (C=O) groups excluding carboxylic acids is 1. The maximum atomic E-state index is 12.3. The molecule has 0 saturated carbocycles. The number of amides is 1. The first-order valence-corrected chi connectivity index (χ1v) is 8.65. The second kappa shape index (κ2) is 8.32. The van der Waals surface area contributed by atoms with Crippen molar-refractivity contribution in [3.8, 4) is 18.1 Å². The number of hydrazone groups is 1. The highest BCUT2D eigenvalue weighted by atomic mass is 79.9. The fourth-order valence-corrected chi connectivity index (χ4v) is 2.81. The van der Waals surface area contributed by atoms with Crippen LogP contribution in [-0.4, -0.2) is 18.7 Å². The average Bonchev–Trinajstić information content (AvgIpc) is 2.67. The molecule has 0 spiro atoms. The third-order valence-electron chi connectivity index (χ3n) is 3.66. The van der Waals surface area contributed by atoms with E-state index < -0.39 is 0 Å². The lowest BCUT2D eigenvalue weighted by Gasteiger charge is -2.07. The van der Waals surface area contributed by atoms with Crippen molar-refractivity contribution in [2.75, 3.05) is 6.61 Å². The summed E-state index contributed by atoms with van der Waals surface area (Å²) in [5, 5.41) is 6.11. The second-order valence-electron chi connectivity index (χ2n) is 5.44. The van der Waals surface area contributed by atoms with E-state index in [-0.39, 0.29) is 12.5 Å². The topological polar surface area (TPSA) is 50.7 Å². The van der Waals surface area contributed by atoms with Gasteiger partial charge in [-0.1, -0.05) is 52.2 Å². The van der Waals surface area contributed by atoms with Gasteiger partial charge in [-0.15, -0.1) is 6.42 Å². The highest BCUT2D eigenvalue weighted by Gasteiger charge is 2.06. The van der Waals surface area contributed by atoms with Crippen LogP contribution >= 0.6 is 15.9 Å². The number of rotatable bonds is 5. The molecule has 3 aromatic carbocycles. The van der Waals surface area contributed by atoms with E-state index in [9.17, 15) is 4.79 Å². The summed E-state index contributed by atoms with van der Waals surface area (Å²) in [5.74, 6) is 2.73. The molecular weight excluding hydrogens is 392 g/mol. The average molecular weight is 407 g/mol. The van der Waals surface area contributed by atoms with Crippen molar-refractivity contribution in [2.45, 2.75) is 0 Å². The van der Waals surface area contributed by atoms with E-state index >= 15 is 0 Å². The van der Waals surface area contributed by atoms with E-state index in [2.05, 4.69) is 32.4 Å². The molecule has 26 heavy (non-hydrogen) atoms. The summed E-state index contributed by atoms with van der Waals surface area (Å²) in [7, 11) is 0. The maximum Gasteiger partial charge on any atom is 0.271 e. The lowest BCUT2D eigenvalue weighted by molar-refractivity contribution is 0.0955. The van der Waals surface area contributed by atoms with Crippen molar-refractivity contribution in [1.29, 1.82) is 0 Å². The molecule has 0 aromatic heterocycles. The molecular formula is C21H15BrN2O2. The van der Waals surface area contributed by atoms with E-state index in [0.717, 1.165) is 15.2 Å². The van der Waals surface area contributed by atoms with E-state index in [4.69, 9.17) is 11.2 Å². The van der Waals surface area contributed by atoms with Crippen LogP contribution in [0, 0.1) is 12.3 Å². The van der Waals surface area contributed by atoms with Gasteiger partial charge in [-0.2, -0.15) is 5.10 Å². The number of terminal acetylenes is 1. The first-order valence-electron chi connectivity index (χ1n) is 7.85. The van der Waals surface area contributed by atoms with Gasteiger partial charge in [0.25, 0.3) is 5.91 Å². The summed E-state index contributed by atoms with van der Waals surface area (Å²) in [4.78, 5) is 12.3. The Morgan fingerprint density at radius 2 is 1.96 bits per heavy atom. The summed E-state index contributed by atoms with van der Waals surface area (Å²) >= 11 is 3.40. The van der Waals surface area contributed by atoms with Crippen LogP contribution in [-0.2, 0) is 0 Å². The molecule has 0 unspecified atom stereocenters. The summed E-state index contributed by atoms with van der Waals surface area (Å²) in [6.07, 6.45) is 6.75. The number of carbonyl (C=O) groups is 1. The fraction of sp³-hybridized carbons (Fsp3) is 0.0476. The molecule has 5 heteroatoms. The monoisotopic (exact) mass is 406 g/mol. The standard InChI is InChI=1S/C21H15BrN2O2/c1-2-11-26-20-10-9-19(22)13-18(20)14-23-24-21(25)17-8-7-15-5-3-4-6-16(15)12-17/h1,3-10,12-14H,11H2,(H,24,25)/b23-14-. The van der Waals surface area contributed by atoms with Crippen LogP contribution in [0.15, 0.2) is 70.2 Å². The fourth-order valence-electron chi connectivity index (χ4n) is 2.43. The zero-order chi connectivity index (χ0) is 18.4. The lowest BCUT2D eigenvalue weighted by Crippen LogP contribution is -2.17. The van der Waals surface area contributed by atoms with Crippen molar-refractivity contribution in [2.24, 2.45) is 5.10 Å². The molecule has 0 fully saturated rings. The largest absolute Gasteiger partial charge is 0.480 e. The minimum atomic E-state index is -0.284. The van der Waals surface area contributed by atoms with E-state index in [1.165, 1.54) is 6.21 Å². The third kappa shape index (κ3) is 4.29. The van der Waals surface area contributed by atoms with Crippen LogP contribution < -0.4 is 10.2 Å². The molecule has 0 aliphatic heterocycles. The number of hydrogen-bond donors (Lipinski definition) is 1. The molecule has 0 aliphatic carbocycles. The van der Waals surface area contributed by atoms with Crippen LogP contribution in [0.4, 0.5) is 0 Å². The Labute approximate surface area is 160 Å². The van der Waals surface area contributed by atoms with Crippen molar-refractivity contribution >= 4 is 38.8 Å². The molecule has 0 saturated heterocycles. The zero-order valence-electron chi connectivity index (χ0n) is 13.8. The van der Waals surface area contributed by atoms with Crippen LogP contribution in [0.2, 0.25) is 0 Å². The molecule has 1 N–H and O–H groups in total. The van der Waals surface area contributed by atoms with Gasteiger partial charge in [0.2, 0.25) is 0 Å². The Kier molecular flexibility index (Phi) is 5.67. The SMILES string of the molecule is C#CCOc1ccc(Br)cc1/C=N\NC(=O)c1ccc2ccccc2c1. The number of hydrogen-bond acceptors (Lipinski definition) is 3. The number of nitrogens with zero attached hydrogens (tertiary/aromatic N) is 1. The third-order valence-corrected chi connectivity index (χ3v) is 4.16. The minimum absolute atomic E-state index is 0.159. The summed E-state index contributed by atoms with van der Waals surface area (Å²) in [6.45, 7) is 0.159. The zero-order valence-corrected chi connectivity index (χ0v) is 15.4. The highest BCUT2D eigenvalue weighted by Crippen LogP contribution is 2.21. The highest BCUT2D eigenvalue weighted by molar-refractivity contribution is 9.10. The van der Waals surface area contributed by atoms with Gasteiger partial charge >= 0.3 is 0 Å². The van der Waals surface area contributed by atoms with Gasteiger partial charge in [-0.25, -0.2) is 5.43 Å². The normalized spacial score (nSPS) is 10.6. The molecule has 3 aromatic rings. The van der Waals surface area contributed by atoms with Crippen LogP contribution in [0.1, 0.15) is 15.9 Å². The van der Waals surface area contributed by atoms with Crippen LogP contribution in [0.5, 0.6) is 5.75 Å². The summed E-state index contributed by atoms with van der Waals surface area (Å²) in [6, 6.07) is 18.8. The molecule has 3 rings (SSSR count). The molecule has 128 valence electrons. The first-order chi connectivity index (χ1) is 12.7. The summed E-state index contributed by atoms with van der Waals surface area (Å²) < 4.78 is 6.34. The van der Waals surface area contributed by atoms with Gasteiger partial charge in [0.05, 0.1) is 6.21 Å². The lowest BCUT2D eigenvalue weighted by atomic mass is 10.1. The van der Waals surface area contributed by atoms with Gasteiger partial charge in [0.1, 0.15) is 12.4 Å². The quantitative estimate of drug-likeness (QED) is 0.388. The molecule has 0 aliphatic rings. The predicted molar refractivity (Wildman–Crippen MR) is 107 cm³/mol. The Balaban J connectivity index is 1.74. The molecule has 1 amide bonds. The van der Waals surface area contributed by atoms with Crippen molar-refractivity contribution in [3.05, 3.63) is 76.3 Å². The van der Waals surface area contributed by atoms with E-state index in [1.54, 1.807) is 12.1 Å². The Morgan fingerprint density at radius 3 is 2.77 bits per heavy atom. The number of benzene rings is 3. The number of halogens is 1. The van der Waals surface area contributed by atoms with E-state index in [0.29, 0.717) is 16.9 Å². The van der Waals surface area contributed by atoms with Crippen molar-refractivity contribution < 1.29 is 9.53 Å². The smallest absolute Gasteiger partial charge is 0.271 e. The number of nitrogens with one attached hydrogen (secondary N) is 1. The van der Waals surface area contributed by atoms with Crippen molar-refractivity contribution in [3.63, 3.8) is 0 Å². The van der Waals surface area contributed by atoms with Gasteiger partial charge in [-0.3, -0.25) is 4.79 Å². The first kappa shape index (κ1) is 17.7. The molecule has 0 radical (unpaired) electrons. The molecule has 0 atom stereocenters.